The van der Waals surface area contributed by atoms with Crippen LogP contribution in [0, 0.1) is 5.92 Å². The summed E-state index contributed by atoms with van der Waals surface area (Å²) in [5, 5.41) is 0. The summed E-state index contributed by atoms with van der Waals surface area (Å²) in [5.74, 6) is 1.38. The highest BCUT2D eigenvalue weighted by atomic mass is 32.1. The van der Waals surface area contributed by atoms with Gasteiger partial charge >= 0.3 is 0 Å². The first-order chi connectivity index (χ1) is 10.3. The van der Waals surface area contributed by atoms with E-state index in [-0.39, 0.29) is 5.91 Å². The highest BCUT2D eigenvalue weighted by molar-refractivity contribution is 7.80. The standard InChI is InChI=1S/C18H17NOS/c20-18-7-12(11-21)10-19(18)15-5-6-17-14(9-15)8-13-3-1-2-4-16(13)17/h1-6,9,12,21H,7-8,10-11H2. The fourth-order valence-corrected chi connectivity index (χ4v) is 3.70. The minimum Gasteiger partial charge on any atom is -0.312 e. The molecule has 1 amide bonds. The number of carbonyl (C=O) groups excluding carboxylic acids is 1. The lowest BCUT2D eigenvalue weighted by atomic mass is 10.1. The smallest absolute Gasteiger partial charge is 0.227 e. The summed E-state index contributed by atoms with van der Waals surface area (Å²) < 4.78 is 0. The predicted molar refractivity (Wildman–Crippen MR) is 89.0 cm³/mol. The van der Waals surface area contributed by atoms with Crippen molar-refractivity contribution >= 4 is 24.2 Å². The van der Waals surface area contributed by atoms with Crippen molar-refractivity contribution in [3.8, 4) is 11.1 Å². The summed E-state index contributed by atoms with van der Waals surface area (Å²) in [6.45, 7) is 0.800. The number of rotatable bonds is 2. The van der Waals surface area contributed by atoms with Gasteiger partial charge < -0.3 is 4.90 Å². The first-order valence-electron chi connectivity index (χ1n) is 7.38. The normalized spacial score (nSPS) is 19.8. The van der Waals surface area contributed by atoms with E-state index < -0.39 is 0 Å². The van der Waals surface area contributed by atoms with E-state index in [0.29, 0.717) is 12.3 Å². The third-order valence-electron chi connectivity index (χ3n) is 4.55. The van der Waals surface area contributed by atoms with E-state index in [9.17, 15) is 4.79 Å². The molecule has 1 aliphatic heterocycles. The third-order valence-corrected chi connectivity index (χ3v) is 5.07. The van der Waals surface area contributed by atoms with E-state index >= 15 is 0 Å². The molecule has 0 radical (unpaired) electrons. The van der Waals surface area contributed by atoms with Gasteiger partial charge in [-0.05, 0) is 52.5 Å². The van der Waals surface area contributed by atoms with Gasteiger partial charge in [-0.25, -0.2) is 0 Å². The number of anilines is 1. The molecule has 1 aliphatic carbocycles. The second-order valence-corrected chi connectivity index (χ2v) is 6.30. The summed E-state index contributed by atoms with van der Waals surface area (Å²) in [6.07, 6.45) is 1.60. The minimum absolute atomic E-state index is 0.226. The molecule has 0 aromatic heterocycles. The summed E-state index contributed by atoms with van der Waals surface area (Å²) in [7, 11) is 0. The summed E-state index contributed by atoms with van der Waals surface area (Å²) in [6, 6.07) is 15.0. The van der Waals surface area contributed by atoms with Crippen LogP contribution in [0.25, 0.3) is 11.1 Å². The van der Waals surface area contributed by atoms with Crippen molar-refractivity contribution in [3.63, 3.8) is 0 Å². The number of hydrogen-bond donors (Lipinski definition) is 1. The van der Waals surface area contributed by atoms with Gasteiger partial charge in [0.2, 0.25) is 5.91 Å². The Morgan fingerprint density at radius 1 is 1.10 bits per heavy atom. The van der Waals surface area contributed by atoms with Crippen molar-refractivity contribution in [2.45, 2.75) is 12.8 Å². The largest absolute Gasteiger partial charge is 0.312 e. The van der Waals surface area contributed by atoms with Crippen LogP contribution >= 0.6 is 12.6 Å². The lowest BCUT2D eigenvalue weighted by Gasteiger charge is -2.17. The van der Waals surface area contributed by atoms with Crippen LogP contribution in [0.15, 0.2) is 42.5 Å². The highest BCUT2D eigenvalue weighted by Crippen LogP contribution is 2.39. The maximum atomic E-state index is 12.2. The first kappa shape index (κ1) is 13.0. The molecule has 2 aliphatic rings. The fraction of sp³-hybridized carbons (Fsp3) is 0.278. The molecule has 1 saturated heterocycles. The molecule has 106 valence electrons. The van der Waals surface area contributed by atoms with Crippen molar-refractivity contribution in [2.75, 3.05) is 17.2 Å². The maximum Gasteiger partial charge on any atom is 0.227 e. The highest BCUT2D eigenvalue weighted by Gasteiger charge is 2.30. The molecule has 0 bridgehead atoms. The number of hydrogen-bond acceptors (Lipinski definition) is 2. The second-order valence-electron chi connectivity index (χ2n) is 5.93. The van der Waals surface area contributed by atoms with Gasteiger partial charge in [0, 0.05) is 18.7 Å². The van der Waals surface area contributed by atoms with Crippen molar-refractivity contribution in [2.24, 2.45) is 5.92 Å². The molecule has 2 nitrogen and oxygen atoms in total. The van der Waals surface area contributed by atoms with Crippen LogP contribution in [0.1, 0.15) is 17.5 Å². The van der Waals surface area contributed by atoms with Crippen LogP contribution < -0.4 is 4.90 Å². The maximum absolute atomic E-state index is 12.2. The topological polar surface area (TPSA) is 20.3 Å². The molecule has 3 heteroatoms. The van der Waals surface area contributed by atoms with Gasteiger partial charge in [-0.2, -0.15) is 12.6 Å². The van der Waals surface area contributed by atoms with Crippen LogP contribution in [0.5, 0.6) is 0 Å². The summed E-state index contributed by atoms with van der Waals surface area (Å²) in [5.41, 5.74) is 6.39. The molecular weight excluding hydrogens is 278 g/mol. The van der Waals surface area contributed by atoms with Crippen LogP contribution in [-0.4, -0.2) is 18.2 Å². The van der Waals surface area contributed by atoms with Gasteiger partial charge in [0.05, 0.1) is 0 Å². The molecule has 2 aromatic rings. The van der Waals surface area contributed by atoms with Crippen LogP contribution in [-0.2, 0) is 11.2 Å². The van der Waals surface area contributed by atoms with Crippen LogP contribution in [0.4, 0.5) is 5.69 Å². The van der Waals surface area contributed by atoms with Gasteiger partial charge in [0.25, 0.3) is 0 Å². The number of fused-ring (bicyclic) bond motifs is 3. The molecule has 21 heavy (non-hydrogen) atoms. The Balaban J connectivity index is 1.69. The van der Waals surface area contributed by atoms with Gasteiger partial charge in [-0.3, -0.25) is 4.79 Å². The quantitative estimate of drug-likeness (QED) is 0.717. The lowest BCUT2D eigenvalue weighted by molar-refractivity contribution is -0.117. The Labute approximate surface area is 130 Å². The SMILES string of the molecule is O=C1CC(CS)CN1c1ccc2c(c1)Cc1ccccc1-2. The Hall–Kier alpha value is -1.74. The van der Waals surface area contributed by atoms with Crippen molar-refractivity contribution in [1.82, 2.24) is 0 Å². The lowest BCUT2D eigenvalue weighted by Crippen LogP contribution is -2.24. The first-order valence-corrected chi connectivity index (χ1v) is 8.02. The van der Waals surface area contributed by atoms with Crippen molar-refractivity contribution in [1.29, 1.82) is 0 Å². The summed E-state index contributed by atoms with van der Waals surface area (Å²) in [4.78, 5) is 14.1. The average molecular weight is 295 g/mol. The van der Waals surface area contributed by atoms with Crippen molar-refractivity contribution in [3.05, 3.63) is 53.6 Å². The van der Waals surface area contributed by atoms with E-state index in [1.165, 1.54) is 22.3 Å². The Morgan fingerprint density at radius 2 is 1.90 bits per heavy atom. The van der Waals surface area contributed by atoms with Gasteiger partial charge in [-0.1, -0.05) is 30.3 Å². The number of thiol groups is 1. The van der Waals surface area contributed by atoms with Crippen LogP contribution in [0.2, 0.25) is 0 Å². The molecule has 0 saturated carbocycles. The molecule has 1 atom stereocenters. The van der Waals surface area contributed by atoms with E-state index in [1.807, 2.05) is 4.90 Å². The molecule has 4 rings (SSSR count). The van der Waals surface area contributed by atoms with Crippen LogP contribution in [0.3, 0.4) is 0 Å². The minimum atomic E-state index is 0.226. The summed E-state index contributed by atoms with van der Waals surface area (Å²) >= 11 is 4.33. The molecule has 0 spiro atoms. The third kappa shape index (κ3) is 2.07. The Kier molecular flexibility index (Phi) is 3.03. The zero-order valence-corrected chi connectivity index (χ0v) is 12.6. The Morgan fingerprint density at radius 3 is 2.71 bits per heavy atom. The average Bonchev–Trinajstić information content (AvgIpc) is 3.06. The monoisotopic (exact) mass is 295 g/mol. The van der Waals surface area contributed by atoms with E-state index in [0.717, 1.165) is 24.4 Å². The second kappa shape index (κ2) is 4.92. The molecule has 1 heterocycles. The zero-order valence-electron chi connectivity index (χ0n) is 11.7. The van der Waals surface area contributed by atoms with E-state index in [4.69, 9.17) is 0 Å². The van der Waals surface area contributed by atoms with Gasteiger partial charge in [-0.15, -0.1) is 0 Å². The molecular formula is C18H17NOS. The van der Waals surface area contributed by atoms with E-state index in [1.54, 1.807) is 0 Å². The van der Waals surface area contributed by atoms with Gasteiger partial charge in [0.15, 0.2) is 0 Å². The number of amides is 1. The molecule has 1 unspecified atom stereocenters. The molecule has 2 aromatic carbocycles. The fourth-order valence-electron chi connectivity index (χ4n) is 3.45. The number of benzene rings is 2. The van der Waals surface area contributed by atoms with E-state index in [2.05, 4.69) is 55.1 Å². The molecule has 1 fully saturated rings. The Bertz CT molecular complexity index is 725. The van der Waals surface area contributed by atoms with Gasteiger partial charge in [0.1, 0.15) is 0 Å². The van der Waals surface area contributed by atoms with Crippen molar-refractivity contribution < 1.29 is 4.79 Å². The number of carbonyl (C=O) groups is 1. The number of nitrogens with zero attached hydrogens (tertiary/aromatic N) is 1. The predicted octanol–water partition coefficient (Wildman–Crippen LogP) is 3.54. The zero-order chi connectivity index (χ0) is 14.4. The molecule has 0 N–H and O–H groups in total.